The van der Waals surface area contributed by atoms with Crippen LogP contribution in [0.3, 0.4) is 0 Å². The van der Waals surface area contributed by atoms with Gasteiger partial charge in [-0.15, -0.1) is 0 Å². The second-order valence-electron chi connectivity index (χ2n) is 5.15. The zero-order valence-electron chi connectivity index (χ0n) is 12.1. The van der Waals surface area contributed by atoms with Crippen LogP contribution in [0.5, 0.6) is 0 Å². The number of hydrogen-bond acceptors (Lipinski definition) is 2. The van der Waals surface area contributed by atoms with Crippen molar-refractivity contribution in [1.82, 2.24) is 10.3 Å². The minimum Gasteiger partial charge on any atom is -0.309 e. The number of halogens is 1. The van der Waals surface area contributed by atoms with Gasteiger partial charge in [0.25, 0.3) is 0 Å². The first-order chi connectivity index (χ1) is 10.2. The van der Waals surface area contributed by atoms with Gasteiger partial charge >= 0.3 is 0 Å². The second kappa shape index (κ2) is 5.84. The van der Waals surface area contributed by atoms with Crippen molar-refractivity contribution in [2.45, 2.75) is 13.0 Å². The minimum atomic E-state index is 0.0710. The van der Waals surface area contributed by atoms with E-state index in [0.717, 1.165) is 32.6 Å². The highest BCUT2D eigenvalue weighted by molar-refractivity contribution is 6.31. The predicted octanol–water partition coefficient (Wildman–Crippen LogP) is 4.51. The number of hydrogen-bond donors (Lipinski definition) is 1. The van der Waals surface area contributed by atoms with Crippen LogP contribution < -0.4 is 5.32 Å². The molecular weight excluding hydrogens is 280 g/mol. The topological polar surface area (TPSA) is 24.9 Å². The van der Waals surface area contributed by atoms with Crippen LogP contribution in [-0.2, 0) is 0 Å². The molecule has 0 aliphatic rings. The van der Waals surface area contributed by atoms with Crippen LogP contribution in [0.2, 0.25) is 5.02 Å². The van der Waals surface area contributed by atoms with Crippen LogP contribution in [0.15, 0.2) is 54.7 Å². The normalized spacial score (nSPS) is 12.5. The average Bonchev–Trinajstić information content (AvgIpc) is 2.52. The molecule has 0 aliphatic heterocycles. The molecule has 0 bridgehead atoms. The largest absolute Gasteiger partial charge is 0.309 e. The highest BCUT2D eigenvalue weighted by Gasteiger charge is 2.16. The van der Waals surface area contributed by atoms with Crippen LogP contribution >= 0.6 is 11.6 Å². The molecule has 3 rings (SSSR count). The highest BCUT2D eigenvalue weighted by Crippen LogP contribution is 2.29. The van der Waals surface area contributed by atoms with Gasteiger partial charge in [0.1, 0.15) is 0 Å². The molecule has 0 spiro atoms. The Morgan fingerprint density at radius 2 is 1.90 bits per heavy atom. The lowest BCUT2D eigenvalue weighted by atomic mass is 9.96. The Morgan fingerprint density at radius 3 is 2.67 bits per heavy atom. The molecule has 1 heterocycles. The number of pyridine rings is 1. The molecule has 21 heavy (non-hydrogen) atoms. The fourth-order valence-corrected chi connectivity index (χ4v) is 2.84. The molecule has 106 valence electrons. The molecular formula is C18H17ClN2. The van der Waals surface area contributed by atoms with E-state index in [1.807, 2.05) is 32.3 Å². The lowest BCUT2D eigenvalue weighted by molar-refractivity contribution is 0.695. The van der Waals surface area contributed by atoms with Crippen LogP contribution in [0.25, 0.3) is 10.9 Å². The molecule has 0 saturated heterocycles. The van der Waals surface area contributed by atoms with Gasteiger partial charge < -0.3 is 5.32 Å². The van der Waals surface area contributed by atoms with Crippen LogP contribution in [-0.4, -0.2) is 12.0 Å². The number of aryl methyl sites for hydroxylation is 1. The number of nitrogens with zero attached hydrogens (tertiary/aromatic N) is 1. The monoisotopic (exact) mass is 296 g/mol. The molecule has 2 aromatic carbocycles. The molecule has 2 nitrogen and oxygen atoms in total. The highest BCUT2D eigenvalue weighted by atomic mass is 35.5. The standard InChI is InChI=1S/C18H17ClN2/c1-12-8-9-14(11-16(12)19)17(20-2)15-7-3-5-13-6-4-10-21-18(13)15/h3-11,17,20H,1-2H3. The summed E-state index contributed by atoms with van der Waals surface area (Å²) in [7, 11) is 1.96. The summed E-state index contributed by atoms with van der Waals surface area (Å²) in [6.45, 7) is 2.01. The van der Waals surface area contributed by atoms with E-state index in [9.17, 15) is 0 Å². The summed E-state index contributed by atoms with van der Waals surface area (Å²) in [6.07, 6.45) is 1.83. The number of fused-ring (bicyclic) bond motifs is 1. The van der Waals surface area contributed by atoms with E-state index in [2.05, 4.69) is 46.7 Å². The molecule has 0 saturated carbocycles. The third-order valence-corrected chi connectivity index (χ3v) is 4.20. The number of rotatable bonds is 3. The van der Waals surface area contributed by atoms with Gasteiger partial charge in [0.15, 0.2) is 0 Å². The quantitative estimate of drug-likeness (QED) is 0.769. The first-order valence-electron chi connectivity index (χ1n) is 6.97. The van der Waals surface area contributed by atoms with Crippen molar-refractivity contribution in [3.8, 4) is 0 Å². The fourth-order valence-electron chi connectivity index (χ4n) is 2.65. The number of nitrogens with one attached hydrogen (secondary N) is 1. The number of para-hydroxylation sites is 1. The lowest BCUT2D eigenvalue weighted by Gasteiger charge is -2.19. The maximum absolute atomic E-state index is 6.28. The molecule has 1 unspecified atom stereocenters. The van der Waals surface area contributed by atoms with Crippen molar-refractivity contribution in [2.75, 3.05) is 7.05 Å². The van der Waals surface area contributed by atoms with Crippen molar-refractivity contribution < 1.29 is 0 Å². The third-order valence-electron chi connectivity index (χ3n) is 3.79. The Morgan fingerprint density at radius 1 is 1.10 bits per heavy atom. The predicted molar refractivity (Wildman–Crippen MR) is 88.8 cm³/mol. The van der Waals surface area contributed by atoms with Gasteiger partial charge in [0.05, 0.1) is 11.6 Å². The summed E-state index contributed by atoms with van der Waals surface area (Å²) in [5.41, 5.74) is 4.42. The fraction of sp³-hybridized carbons (Fsp3) is 0.167. The van der Waals surface area contributed by atoms with Crippen LogP contribution in [0, 0.1) is 6.92 Å². The molecule has 1 atom stereocenters. The number of benzene rings is 2. The van der Waals surface area contributed by atoms with Gasteiger partial charge in [-0.25, -0.2) is 0 Å². The first-order valence-corrected chi connectivity index (χ1v) is 7.35. The van der Waals surface area contributed by atoms with Crippen molar-refractivity contribution in [2.24, 2.45) is 0 Å². The Labute approximate surface area is 129 Å². The summed E-state index contributed by atoms with van der Waals surface area (Å²) in [5.74, 6) is 0. The van der Waals surface area contributed by atoms with E-state index in [0.29, 0.717) is 0 Å². The first kappa shape index (κ1) is 14.1. The zero-order valence-corrected chi connectivity index (χ0v) is 12.9. The van der Waals surface area contributed by atoms with Crippen molar-refractivity contribution >= 4 is 22.5 Å². The summed E-state index contributed by atoms with van der Waals surface area (Å²) < 4.78 is 0. The summed E-state index contributed by atoms with van der Waals surface area (Å²) >= 11 is 6.28. The SMILES string of the molecule is CNC(c1ccc(C)c(Cl)c1)c1cccc2cccnc12. The van der Waals surface area contributed by atoms with E-state index in [1.165, 1.54) is 0 Å². The maximum Gasteiger partial charge on any atom is 0.0753 e. The van der Waals surface area contributed by atoms with Gasteiger partial charge in [-0.2, -0.15) is 0 Å². The number of aromatic nitrogens is 1. The van der Waals surface area contributed by atoms with Gasteiger partial charge in [-0.1, -0.05) is 48.0 Å². The molecule has 1 N–H and O–H groups in total. The van der Waals surface area contributed by atoms with Gasteiger partial charge in [-0.05, 0) is 42.8 Å². The molecule has 3 heteroatoms. The minimum absolute atomic E-state index is 0.0710. The Kier molecular flexibility index (Phi) is 3.91. The van der Waals surface area contributed by atoms with Gasteiger partial charge in [0, 0.05) is 16.6 Å². The molecule has 1 aromatic heterocycles. The Bertz CT molecular complexity index is 778. The summed E-state index contributed by atoms with van der Waals surface area (Å²) in [4.78, 5) is 4.54. The Hall–Kier alpha value is -1.90. The van der Waals surface area contributed by atoms with E-state index >= 15 is 0 Å². The van der Waals surface area contributed by atoms with Crippen molar-refractivity contribution in [3.63, 3.8) is 0 Å². The average molecular weight is 297 g/mol. The molecule has 3 aromatic rings. The second-order valence-corrected chi connectivity index (χ2v) is 5.56. The Balaban J connectivity index is 2.16. The maximum atomic E-state index is 6.28. The van der Waals surface area contributed by atoms with Gasteiger partial charge in [-0.3, -0.25) is 4.98 Å². The van der Waals surface area contributed by atoms with Crippen molar-refractivity contribution in [3.05, 3.63) is 76.4 Å². The van der Waals surface area contributed by atoms with Gasteiger partial charge in [0.2, 0.25) is 0 Å². The summed E-state index contributed by atoms with van der Waals surface area (Å²) in [6, 6.07) is 16.6. The van der Waals surface area contributed by atoms with Crippen LogP contribution in [0.4, 0.5) is 0 Å². The van der Waals surface area contributed by atoms with E-state index < -0.39 is 0 Å². The van der Waals surface area contributed by atoms with E-state index in [1.54, 1.807) is 0 Å². The molecule has 0 aliphatic carbocycles. The van der Waals surface area contributed by atoms with E-state index in [-0.39, 0.29) is 6.04 Å². The molecule has 0 radical (unpaired) electrons. The zero-order chi connectivity index (χ0) is 14.8. The molecule has 0 fully saturated rings. The van der Waals surface area contributed by atoms with Crippen LogP contribution in [0.1, 0.15) is 22.7 Å². The van der Waals surface area contributed by atoms with E-state index in [4.69, 9.17) is 11.6 Å². The van der Waals surface area contributed by atoms with Crippen molar-refractivity contribution in [1.29, 1.82) is 0 Å². The smallest absolute Gasteiger partial charge is 0.0753 e. The molecule has 0 amide bonds. The lowest BCUT2D eigenvalue weighted by Crippen LogP contribution is -2.18. The summed E-state index contributed by atoms with van der Waals surface area (Å²) in [5, 5.41) is 5.31. The third kappa shape index (κ3) is 2.65.